The van der Waals surface area contributed by atoms with E-state index in [0.717, 1.165) is 37.3 Å². The van der Waals surface area contributed by atoms with E-state index in [1.54, 1.807) is 0 Å². The highest BCUT2D eigenvalue weighted by Crippen LogP contribution is 2.39. The number of nitrogens with one attached hydrogen (secondary N) is 2. The predicted molar refractivity (Wildman–Crippen MR) is 98.8 cm³/mol. The maximum absolute atomic E-state index is 12.4. The zero-order chi connectivity index (χ0) is 17.2. The van der Waals surface area contributed by atoms with Crippen molar-refractivity contribution in [3.63, 3.8) is 0 Å². The van der Waals surface area contributed by atoms with Gasteiger partial charge in [0.1, 0.15) is 0 Å². The third-order valence-corrected chi connectivity index (χ3v) is 6.01. The normalized spacial score (nSPS) is 30.2. The molecule has 0 spiro atoms. The van der Waals surface area contributed by atoms with E-state index in [0.29, 0.717) is 24.2 Å². The summed E-state index contributed by atoms with van der Waals surface area (Å²) in [6, 6.07) is 10.1. The van der Waals surface area contributed by atoms with Crippen LogP contribution in [0.4, 0.5) is 10.5 Å². The van der Waals surface area contributed by atoms with E-state index in [1.807, 2.05) is 31.2 Å². The van der Waals surface area contributed by atoms with Crippen molar-refractivity contribution in [2.45, 2.75) is 69.6 Å². The highest BCUT2D eigenvalue weighted by Gasteiger charge is 2.44. The summed E-state index contributed by atoms with van der Waals surface area (Å²) in [5.74, 6) is 0. The summed E-state index contributed by atoms with van der Waals surface area (Å²) < 4.78 is 5.53. The van der Waals surface area contributed by atoms with Crippen LogP contribution in [0.5, 0.6) is 0 Å². The Morgan fingerprint density at radius 2 is 1.80 bits per heavy atom. The number of nitrogens with zero attached hydrogens (tertiary/aromatic N) is 1. The molecule has 2 unspecified atom stereocenters. The van der Waals surface area contributed by atoms with Crippen LogP contribution in [0.3, 0.4) is 0 Å². The summed E-state index contributed by atoms with van der Waals surface area (Å²) >= 11 is 0. The molecule has 1 aromatic carbocycles. The third kappa shape index (κ3) is 3.82. The second kappa shape index (κ2) is 7.34. The van der Waals surface area contributed by atoms with Crippen molar-refractivity contribution in [3.8, 4) is 0 Å². The number of carbonyl (C=O) groups is 1. The Morgan fingerprint density at radius 1 is 1.08 bits per heavy atom. The van der Waals surface area contributed by atoms with E-state index in [1.165, 1.54) is 25.7 Å². The molecule has 25 heavy (non-hydrogen) atoms. The molecule has 3 aliphatic rings. The van der Waals surface area contributed by atoms with Crippen molar-refractivity contribution < 1.29 is 9.53 Å². The summed E-state index contributed by atoms with van der Waals surface area (Å²) in [7, 11) is 0. The Morgan fingerprint density at radius 3 is 2.48 bits per heavy atom. The number of aryl methyl sites for hydroxylation is 1. The number of anilines is 1. The van der Waals surface area contributed by atoms with Crippen molar-refractivity contribution in [2.24, 2.45) is 0 Å². The second-order valence-corrected chi connectivity index (χ2v) is 7.81. The van der Waals surface area contributed by atoms with Crippen LogP contribution < -0.4 is 10.6 Å². The Balaban J connectivity index is 1.32. The van der Waals surface area contributed by atoms with Gasteiger partial charge in [-0.25, -0.2) is 4.79 Å². The van der Waals surface area contributed by atoms with Crippen LogP contribution in [0.25, 0.3) is 0 Å². The van der Waals surface area contributed by atoms with Gasteiger partial charge in [-0.15, -0.1) is 0 Å². The molecule has 5 heteroatoms. The number of rotatable bonds is 3. The zero-order valence-electron chi connectivity index (χ0n) is 15.0. The van der Waals surface area contributed by atoms with Gasteiger partial charge in [0, 0.05) is 43.1 Å². The summed E-state index contributed by atoms with van der Waals surface area (Å²) in [5.41, 5.74) is 2.01. The van der Waals surface area contributed by atoms with Crippen LogP contribution >= 0.6 is 0 Å². The molecule has 0 saturated carbocycles. The molecule has 2 bridgehead atoms. The number of carbonyl (C=O) groups excluding carboxylic acids is 1. The summed E-state index contributed by atoms with van der Waals surface area (Å²) in [5, 5.41) is 6.18. The minimum atomic E-state index is -0.0745. The minimum absolute atomic E-state index is 0.0745. The molecule has 3 heterocycles. The summed E-state index contributed by atoms with van der Waals surface area (Å²) in [4.78, 5) is 15.1. The minimum Gasteiger partial charge on any atom is -0.381 e. The van der Waals surface area contributed by atoms with Gasteiger partial charge >= 0.3 is 6.03 Å². The molecule has 3 saturated heterocycles. The van der Waals surface area contributed by atoms with Gasteiger partial charge in [-0.3, -0.25) is 4.90 Å². The second-order valence-electron chi connectivity index (χ2n) is 7.81. The smallest absolute Gasteiger partial charge is 0.319 e. The fraction of sp³-hybridized carbons (Fsp3) is 0.650. The number of ether oxygens (including phenoxy) is 1. The molecule has 0 aromatic heterocycles. The average molecular weight is 343 g/mol. The van der Waals surface area contributed by atoms with E-state index in [4.69, 9.17) is 4.74 Å². The first-order valence-electron chi connectivity index (χ1n) is 9.68. The molecule has 2 atom stereocenters. The fourth-order valence-electron chi connectivity index (χ4n) is 4.99. The molecule has 1 aromatic rings. The van der Waals surface area contributed by atoms with Crippen LogP contribution in [0, 0.1) is 6.92 Å². The van der Waals surface area contributed by atoms with Crippen molar-refractivity contribution in [3.05, 3.63) is 29.8 Å². The van der Waals surface area contributed by atoms with Crippen LogP contribution in [-0.4, -0.2) is 48.3 Å². The lowest BCUT2D eigenvalue weighted by molar-refractivity contribution is -0.00401. The van der Waals surface area contributed by atoms with Crippen molar-refractivity contribution in [2.75, 3.05) is 18.5 Å². The number of amides is 2. The van der Waals surface area contributed by atoms with E-state index >= 15 is 0 Å². The van der Waals surface area contributed by atoms with Gasteiger partial charge in [0.2, 0.25) is 0 Å². The molecule has 3 aliphatic heterocycles. The van der Waals surface area contributed by atoms with Crippen LogP contribution in [0.1, 0.15) is 44.1 Å². The molecular formula is C20H29N3O2. The lowest BCUT2D eigenvalue weighted by Crippen LogP contribution is -2.55. The van der Waals surface area contributed by atoms with Gasteiger partial charge < -0.3 is 15.4 Å². The maximum Gasteiger partial charge on any atom is 0.319 e. The molecule has 3 fully saturated rings. The van der Waals surface area contributed by atoms with Crippen LogP contribution in [0.15, 0.2) is 24.3 Å². The van der Waals surface area contributed by atoms with Gasteiger partial charge in [-0.05, 0) is 63.1 Å². The van der Waals surface area contributed by atoms with Crippen LogP contribution in [0.2, 0.25) is 0 Å². The van der Waals surface area contributed by atoms with Crippen LogP contribution in [-0.2, 0) is 4.74 Å². The lowest BCUT2D eigenvalue weighted by Gasteiger charge is -2.45. The Bertz CT molecular complexity index is 601. The molecular weight excluding hydrogens is 314 g/mol. The highest BCUT2D eigenvalue weighted by molar-refractivity contribution is 5.89. The van der Waals surface area contributed by atoms with Crippen molar-refractivity contribution in [1.82, 2.24) is 10.2 Å². The fourth-order valence-corrected chi connectivity index (χ4v) is 4.99. The molecule has 4 rings (SSSR count). The van der Waals surface area contributed by atoms with Gasteiger partial charge in [-0.2, -0.15) is 0 Å². The maximum atomic E-state index is 12.4. The number of hydrogen-bond donors (Lipinski definition) is 2. The molecule has 0 radical (unpaired) electrons. The van der Waals surface area contributed by atoms with E-state index < -0.39 is 0 Å². The first-order chi connectivity index (χ1) is 12.2. The Hall–Kier alpha value is -1.59. The van der Waals surface area contributed by atoms with Gasteiger partial charge in [0.25, 0.3) is 0 Å². The van der Waals surface area contributed by atoms with Crippen molar-refractivity contribution in [1.29, 1.82) is 0 Å². The molecule has 0 aliphatic carbocycles. The number of fused-ring (bicyclic) bond motifs is 2. The first-order valence-corrected chi connectivity index (χ1v) is 9.68. The van der Waals surface area contributed by atoms with Gasteiger partial charge in [0.05, 0.1) is 0 Å². The molecule has 136 valence electrons. The molecule has 2 N–H and O–H groups in total. The number of benzene rings is 1. The van der Waals surface area contributed by atoms with E-state index in [-0.39, 0.29) is 6.03 Å². The van der Waals surface area contributed by atoms with E-state index in [9.17, 15) is 4.79 Å². The summed E-state index contributed by atoms with van der Waals surface area (Å²) in [6.07, 6.45) is 7.04. The number of urea groups is 1. The van der Waals surface area contributed by atoms with Gasteiger partial charge in [0.15, 0.2) is 0 Å². The van der Waals surface area contributed by atoms with E-state index in [2.05, 4.69) is 15.5 Å². The zero-order valence-corrected chi connectivity index (χ0v) is 15.0. The standard InChI is InChI=1S/C20H29N3O2/c1-14-3-2-4-15(11-14)21-20(24)22-16-12-18-5-6-19(13-16)23(18)17-7-9-25-10-8-17/h2-4,11,16-19H,5-10,12-13H2,1H3,(H2,21,22,24). The van der Waals surface area contributed by atoms with Gasteiger partial charge in [-0.1, -0.05) is 12.1 Å². The largest absolute Gasteiger partial charge is 0.381 e. The SMILES string of the molecule is Cc1cccc(NC(=O)NC2CC3CCC(C2)N3C2CCOCC2)c1. The molecule has 2 amide bonds. The third-order valence-electron chi connectivity index (χ3n) is 6.01. The summed E-state index contributed by atoms with van der Waals surface area (Å²) in [6.45, 7) is 3.84. The van der Waals surface area contributed by atoms with Crippen molar-refractivity contribution >= 4 is 11.7 Å². The lowest BCUT2D eigenvalue weighted by atomic mass is 9.93. The predicted octanol–water partition coefficient (Wildman–Crippen LogP) is 3.29. The average Bonchev–Trinajstić information content (AvgIpc) is 2.86. The quantitative estimate of drug-likeness (QED) is 0.885. The Kier molecular flexibility index (Phi) is 4.95. The number of piperidine rings is 1. The molecule has 5 nitrogen and oxygen atoms in total. The Labute approximate surface area is 150 Å². The number of hydrogen-bond acceptors (Lipinski definition) is 3. The monoisotopic (exact) mass is 343 g/mol. The highest BCUT2D eigenvalue weighted by atomic mass is 16.5. The first kappa shape index (κ1) is 16.9. The topological polar surface area (TPSA) is 53.6 Å².